The fourth-order valence-electron chi connectivity index (χ4n) is 3.27. The van der Waals surface area contributed by atoms with Crippen molar-refractivity contribution in [2.24, 2.45) is 0 Å². The van der Waals surface area contributed by atoms with Crippen molar-refractivity contribution in [1.82, 2.24) is 4.90 Å². The summed E-state index contributed by atoms with van der Waals surface area (Å²) >= 11 is 0. The van der Waals surface area contributed by atoms with E-state index in [1.165, 1.54) is 6.26 Å². The number of carbonyl (C=O) groups excluding carboxylic acids is 1. The molecule has 3 aromatic rings. The number of nitrogens with zero attached hydrogens (tertiary/aromatic N) is 1. The lowest BCUT2D eigenvalue weighted by molar-refractivity contribution is 0.0697. The summed E-state index contributed by atoms with van der Waals surface area (Å²) in [6.07, 6.45) is 1.49. The summed E-state index contributed by atoms with van der Waals surface area (Å²) in [7, 11) is 0. The Morgan fingerprint density at radius 3 is 1.89 bits per heavy atom. The van der Waals surface area contributed by atoms with Gasteiger partial charge in [0.15, 0.2) is 28.8 Å². The lowest BCUT2D eigenvalue weighted by Gasteiger charge is -2.22. The number of furan rings is 1. The Balaban J connectivity index is 1.42. The topological polar surface area (TPSA) is 70.4 Å². The molecule has 0 saturated carbocycles. The van der Waals surface area contributed by atoms with Crippen molar-refractivity contribution in [2.75, 3.05) is 13.6 Å². The highest BCUT2D eigenvalue weighted by atomic mass is 16.7. The summed E-state index contributed by atoms with van der Waals surface area (Å²) in [5.74, 6) is 2.89. The second-order valence-electron chi connectivity index (χ2n) is 6.51. The maximum atomic E-state index is 13.0. The van der Waals surface area contributed by atoms with Gasteiger partial charge in [-0.25, -0.2) is 0 Å². The van der Waals surface area contributed by atoms with Gasteiger partial charge in [0.2, 0.25) is 13.6 Å². The van der Waals surface area contributed by atoms with E-state index in [9.17, 15) is 4.79 Å². The maximum Gasteiger partial charge on any atom is 0.290 e. The van der Waals surface area contributed by atoms with E-state index in [0.717, 1.165) is 11.1 Å². The highest BCUT2D eigenvalue weighted by Crippen LogP contribution is 2.34. The minimum absolute atomic E-state index is 0.194. The van der Waals surface area contributed by atoms with Crippen LogP contribution in [-0.4, -0.2) is 24.4 Å². The van der Waals surface area contributed by atoms with Gasteiger partial charge in [-0.3, -0.25) is 4.79 Å². The number of carbonyl (C=O) groups is 1. The van der Waals surface area contributed by atoms with Crippen molar-refractivity contribution in [3.63, 3.8) is 0 Å². The van der Waals surface area contributed by atoms with E-state index in [2.05, 4.69) is 0 Å². The van der Waals surface area contributed by atoms with Crippen molar-refractivity contribution in [2.45, 2.75) is 13.1 Å². The van der Waals surface area contributed by atoms with Gasteiger partial charge < -0.3 is 28.3 Å². The van der Waals surface area contributed by atoms with Crippen LogP contribution in [0.5, 0.6) is 23.0 Å². The fourth-order valence-corrected chi connectivity index (χ4v) is 3.27. The zero-order chi connectivity index (χ0) is 18.9. The second-order valence-corrected chi connectivity index (χ2v) is 6.51. The van der Waals surface area contributed by atoms with Gasteiger partial charge in [0.1, 0.15) is 0 Å². The van der Waals surface area contributed by atoms with E-state index in [0.29, 0.717) is 41.8 Å². The third-order valence-electron chi connectivity index (χ3n) is 4.64. The first kappa shape index (κ1) is 16.6. The number of hydrogen-bond acceptors (Lipinski definition) is 6. The molecule has 0 unspecified atom stereocenters. The lowest BCUT2D eigenvalue weighted by atomic mass is 10.1. The van der Waals surface area contributed by atoms with Gasteiger partial charge in [0, 0.05) is 13.1 Å². The maximum absolute atomic E-state index is 13.0. The Kier molecular flexibility index (Phi) is 4.05. The molecule has 0 spiro atoms. The molecule has 0 radical (unpaired) electrons. The molecule has 0 bridgehead atoms. The van der Waals surface area contributed by atoms with Gasteiger partial charge in [-0.2, -0.15) is 0 Å². The predicted octanol–water partition coefficient (Wildman–Crippen LogP) is 3.58. The molecule has 0 saturated heterocycles. The zero-order valence-corrected chi connectivity index (χ0v) is 14.9. The summed E-state index contributed by atoms with van der Waals surface area (Å²) < 4.78 is 26.9. The molecule has 0 atom stereocenters. The quantitative estimate of drug-likeness (QED) is 0.675. The van der Waals surface area contributed by atoms with Crippen LogP contribution in [0.1, 0.15) is 21.7 Å². The van der Waals surface area contributed by atoms with Crippen molar-refractivity contribution >= 4 is 5.91 Å². The molecule has 0 N–H and O–H groups in total. The minimum Gasteiger partial charge on any atom is -0.459 e. The number of hydrogen-bond donors (Lipinski definition) is 0. The first-order valence-electron chi connectivity index (χ1n) is 8.86. The summed E-state index contributed by atoms with van der Waals surface area (Å²) in [6, 6.07) is 14.7. The van der Waals surface area contributed by atoms with Gasteiger partial charge in [0.05, 0.1) is 6.26 Å². The molecule has 142 valence electrons. The molecular weight excluding hydrogens is 362 g/mol. The lowest BCUT2D eigenvalue weighted by Crippen LogP contribution is -2.29. The van der Waals surface area contributed by atoms with Crippen LogP contribution in [0.3, 0.4) is 0 Å². The van der Waals surface area contributed by atoms with Crippen LogP contribution >= 0.6 is 0 Å². The monoisotopic (exact) mass is 379 g/mol. The van der Waals surface area contributed by atoms with Crippen molar-refractivity contribution in [3.05, 3.63) is 71.7 Å². The largest absolute Gasteiger partial charge is 0.459 e. The van der Waals surface area contributed by atoms with Gasteiger partial charge in [-0.1, -0.05) is 12.1 Å². The first-order chi connectivity index (χ1) is 13.8. The third-order valence-corrected chi connectivity index (χ3v) is 4.64. The normalized spacial score (nSPS) is 13.6. The Morgan fingerprint density at radius 1 is 0.786 bits per heavy atom. The van der Waals surface area contributed by atoms with E-state index >= 15 is 0 Å². The Morgan fingerprint density at radius 2 is 1.36 bits per heavy atom. The number of amides is 1. The van der Waals surface area contributed by atoms with Crippen LogP contribution in [0.2, 0.25) is 0 Å². The molecule has 1 aromatic heterocycles. The smallest absolute Gasteiger partial charge is 0.290 e. The third kappa shape index (κ3) is 3.11. The van der Waals surface area contributed by atoms with Crippen LogP contribution < -0.4 is 18.9 Å². The van der Waals surface area contributed by atoms with Gasteiger partial charge in [-0.15, -0.1) is 0 Å². The fraction of sp³-hybridized carbons (Fsp3) is 0.190. The summed E-state index contributed by atoms with van der Waals surface area (Å²) in [6.45, 7) is 1.21. The van der Waals surface area contributed by atoms with Crippen molar-refractivity contribution in [1.29, 1.82) is 0 Å². The molecule has 2 aliphatic heterocycles. The van der Waals surface area contributed by atoms with Crippen LogP contribution in [0.15, 0.2) is 59.2 Å². The van der Waals surface area contributed by atoms with Crippen LogP contribution in [0.25, 0.3) is 0 Å². The van der Waals surface area contributed by atoms with Crippen molar-refractivity contribution < 1.29 is 28.2 Å². The Bertz CT molecular complexity index is 954. The summed E-state index contributed by atoms with van der Waals surface area (Å²) in [4.78, 5) is 14.7. The van der Waals surface area contributed by atoms with Gasteiger partial charge in [-0.05, 0) is 47.5 Å². The standard InChI is InChI=1S/C21H17NO6/c23-21(18-2-1-7-24-18)22(10-14-3-5-16-19(8-14)27-12-25-16)11-15-4-6-17-20(9-15)28-13-26-17/h1-9H,10-13H2. The Labute approximate surface area is 161 Å². The van der Waals surface area contributed by atoms with Gasteiger partial charge in [0.25, 0.3) is 5.91 Å². The number of fused-ring (bicyclic) bond motifs is 2. The zero-order valence-electron chi connectivity index (χ0n) is 14.9. The molecule has 2 aliphatic rings. The molecule has 0 fully saturated rings. The summed E-state index contributed by atoms with van der Waals surface area (Å²) in [5.41, 5.74) is 1.87. The first-order valence-corrected chi connectivity index (χ1v) is 8.86. The average molecular weight is 379 g/mol. The number of rotatable bonds is 5. The molecule has 5 rings (SSSR count). The van der Waals surface area contributed by atoms with Crippen LogP contribution in [0.4, 0.5) is 0 Å². The summed E-state index contributed by atoms with van der Waals surface area (Å²) in [5, 5.41) is 0. The molecule has 0 aliphatic carbocycles. The molecule has 7 heteroatoms. The van der Waals surface area contributed by atoms with E-state index in [-0.39, 0.29) is 19.5 Å². The molecule has 3 heterocycles. The molecule has 28 heavy (non-hydrogen) atoms. The SMILES string of the molecule is O=C(c1ccco1)N(Cc1ccc2c(c1)OCO2)Cc1ccc2c(c1)OCO2. The van der Waals surface area contributed by atoms with Crippen LogP contribution in [0, 0.1) is 0 Å². The molecule has 2 aromatic carbocycles. The number of benzene rings is 2. The van der Waals surface area contributed by atoms with Gasteiger partial charge >= 0.3 is 0 Å². The predicted molar refractivity (Wildman–Crippen MR) is 97.4 cm³/mol. The molecule has 1 amide bonds. The second kappa shape index (κ2) is 6.84. The molecular formula is C21H17NO6. The van der Waals surface area contributed by atoms with E-state index in [1.807, 2.05) is 36.4 Å². The highest BCUT2D eigenvalue weighted by Gasteiger charge is 2.22. The van der Waals surface area contributed by atoms with Crippen LogP contribution in [-0.2, 0) is 13.1 Å². The van der Waals surface area contributed by atoms with E-state index in [1.54, 1.807) is 17.0 Å². The number of ether oxygens (including phenoxy) is 4. The highest BCUT2D eigenvalue weighted by molar-refractivity contribution is 5.91. The Hall–Kier alpha value is -3.61. The molecule has 7 nitrogen and oxygen atoms in total. The van der Waals surface area contributed by atoms with E-state index < -0.39 is 0 Å². The van der Waals surface area contributed by atoms with Crippen molar-refractivity contribution in [3.8, 4) is 23.0 Å². The minimum atomic E-state index is -0.194. The van der Waals surface area contributed by atoms with E-state index in [4.69, 9.17) is 23.4 Å². The average Bonchev–Trinajstić information content (AvgIpc) is 3.47.